The van der Waals surface area contributed by atoms with E-state index in [4.69, 9.17) is 11.6 Å². The predicted molar refractivity (Wildman–Crippen MR) is 98.3 cm³/mol. The van der Waals surface area contributed by atoms with E-state index in [0.29, 0.717) is 16.4 Å². The van der Waals surface area contributed by atoms with E-state index in [1.807, 2.05) is 5.01 Å². The Bertz CT molecular complexity index is 741. The van der Waals surface area contributed by atoms with E-state index in [9.17, 15) is 14.4 Å². The number of amides is 4. The minimum Gasteiger partial charge on any atom is -0.322 e. The van der Waals surface area contributed by atoms with Gasteiger partial charge in [-0.05, 0) is 44.0 Å². The van der Waals surface area contributed by atoms with E-state index in [2.05, 4.69) is 10.7 Å². The highest BCUT2D eigenvalue weighted by molar-refractivity contribution is 6.31. The first-order valence-electron chi connectivity index (χ1n) is 8.63. The summed E-state index contributed by atoms with van der Waals surface area (Å²) in [6.45, 7) is 3.45. The zero-order chi connectivity index (χ0) is 18.7. The van der Waals surface area contributed by atoms with E-state index >= 15 is 0 Å². The Labute approximate surface area is 156 Å². The average molecular weight is 377 g/mol. The highest BCUT2D eigenvalue weighted by Crippen LogP contribution is 2.25. The minimum absolute atomic E-state index is 0.364. The SMILES string of the molecule is C/C=C(/NN1CCCCC1)[C@@H]1C(=O)NC(=O)N(c2ccc(Cl)cc2)C1=O. The van der Waals surface area contributed by atoms with Gasteiger partial charge in [-0.3, -0.25) is 14.9 Å². The molecule has 2 aliphatic rings. The first-order valence-corrected chi connectivity index (χ1v) is 9.01. The van der Waals surface area contributed by atoms with Crippen LogP contribution in [0.2, 0.25) is 5.02 Å². The molecule has 0 radical (unpaired) electrons. The molecule has 2 saturated heterocycles. The maximum absolute atomic E-state index is 13.0. The summed E-state index contributed by atoms with van der Waals surface area (Å²) in [6.07, 6.45) is 4.99. The van der Waals surface area contributed by atoms with Crippen LogP contribution in [0.3, 0.4) is 0 Å². The summed E-state index contributed by atoms with van der Waals surface area (Å²) in [5.41, 5.74) is 4.02. The highest BCUT2D eigenvalue weighted by Gasteiger charge is 2.43. The van der Waals surface area contributed by atoms with Gasteiger partial charge < -0.3 is 5.43 Å². The number of benzene rings is 1. The van der Waals surface area contributed by atoms with Crippen LogP contribution >= 0.6 is 11.6 Å². The molecule has 7 nitrogen and oxygen atoms in total. The summed E-state index contributed by atoms with van der Waals surface area (Å²) in [5.74, 6) is -2.31. The average Bonchev–Trinajstić information content (AvgIpc) is 2.63. The second-order valence-electron chi connectivity index (χ2n) is 6.28. The van der Waals surface area contributed by atoms with Gasteiger partial charge in [-0.25, -0.2) is 14.7 Å². The Balaban J connectivity index is 1.85. The maximum atomic E-state index is 13.0. The molecule has 2 fully saturated rings. The van der Waals surface area contributed by atoms with Crippen LogP contribution < -0.4 is 15.6 Å². The van der Waals surface area contributed by atoms with Gasteiger partial charge in [0.2, 0.25) is 5.91 Å². The van der Waals surface area contributed by atoms with E-state index in [1.54, 1.807) is 37.3 Å². The summed E-state index contributed by atoms with van der Waals surface area (Å²) in [4.78, 5) is 38.6. The molecule has 1 aromatic carbocycles. The Morgan fingerprint density at radius 3 is 2.42 bits per heavy atom. The second-order valence-corrected chi connectivity index (χ2v) is 6.72. The predicted octanol–water partition coefficient (Wildman–Crippen LogP) is 2.43. The lowest BCUT2D eigenvalue weighted by atomic mass is 9.99. The Hall–Kier alpha value is -2.38. The van der Waals surface area contributed by atoms with Crippen LogP contribution in [0.25, 0.3) is 0 Å². The number of nitrogens with zero attached hydrogens (tertiary/aromatic N) is 2. The van der Waals surface area contributed by atoms with E-state index in [1.165, 1.54) is 6.42 Å². The van der Waals surface area contributed by atoms with Gasteiger partial charge in [0.05, 0.1) is 5.69 Å². The number of allylic oxidation sites excluding steroid dienone is 1. The Morgan fingerprint density at radius 2 is 1.81 bits per heavy atom. The van der Waals surface area contributed by atoms with Crippen molar-refractivity contribution in [2.75, 3.05) is 18.0 Å². The molecule has 2 aliphatic heterocycles. The zero-order valence-corrected chi connectivity index (χ0v) is 15.3. The molecule has 0 aromatic heterocycles. The number of carbonyl (C=O) groups is 3. The first kappa shape index (κ1) is 18.4. The number of nitrogens with one attached hydrogen (secondary N) is 2. The fourth-order valence-corrected chi connectivity index (χ4v) is 3.29. The number of hydrogen-bond donors (Lipinski definition) is 2. The van der Waals surface area contributed by atoms with Gasteiger partial charge in [-0.1, -0.05) is 24.1 Å². The van der Waals surface area contributed by atoms with Gasteiger partial charge in [-0.2, -0.15) is 0 Å². The number of urea groups is 1. The molecule has 0 aliphatic carbocycles. The topological polar surface area (TPSA) is 81.8 Å². The van der Waals surface area contributed by atoms with Crippen molar-refractivity contribution in [2.45, 2.75) is 26.2 Å². The third kappa shape index (κ3) is 3.73. The van der Waals surface area contributed by atoms with Crippen molar-refractivity contribution < 1.29 is 14.4 Å². The number of hydrazine groups is 1. The van der Waals surface area contributed by atoms with E-state index in [-0.39, 0.29) is 0 Å². The van der Waals surface area contributed by atoms with Gasteiger partial charge in [0.15, 0.2) is 5.92 Å². The summed E-state index contributed by atoms with van der Waals surface area (Å²) in [7, 11) is 0. The number of rotatable bonds is 4. The van der Waals surface area contributed by atoms with Crippen LogP contribution in [0.1, 0.15) is 26.2 Å². The third-order valence-corrected chi connectivity index (χ3v) is 4.76. The molecule has 0 unspecified atom stereocenters. The molecule has 8 heteroatoms. The molecule has 138 valence electrons. The summed E-state index contributed by atoms with van der Waals surface area (Å²) in [5, 5.41) is 4.77. The van der Waals surface area contributed by atoms with Crippen molar-refractivity contribution in [2.24, 2.45) is 5.92 Å². The molecule has 2 N–H and O–H groups in total. The van der Waals surface area contributed by atoms with Crippen molar-refractivity contribution in [1.29, 1.82) is 0 Å². The monoisotopic (exact) mass is 376 g/mol. The molecule has 0 spiro atoms. The van der Waals surface area contributed by atoms with Crippen molar-refractivity contribution >= 4 is 35.1 Å². The number of anilines is 1. The third-order valence-electron chi connectivity index (χ3n) is 4.51. The molecular formula is C18H21ClN4O3. The molecule has 2 heterocycles. The normalized spacial score (nSPS) is 22.4. The quantitative estimate of drug-likeness (QED) is 0.789. The number of hydrogen-bond acceptors (Lipinski definition) is 5. The molecule has 3 rings (SSSR count). The van der Waals surface area contributed by atoms with Crippen molar-refractivity contribution in [3.63, 3.8) is 0 Å². The highest BCUT2D eigenvalue weighted by atomic mass is 35.5. The van der Waals surface area contributed by atoms with Crippen LogP contribution in [-0.2, 0) is 9.59 Å². The minimum atomic E-state index is -1.10. The smallest absolute Gasteiger partial charge is 0.322 e. The number of imide groups is 2. The standard InChI is InChI=1S/C18H21ClN4O3/c1-2-14(21-22-10-4-3-5-11-22)15-16(24)20-18(26)23(17(15)25)13-8-6-12(19)7-9-13/h2,6-9,15,21H,3-5,10-11H2,1H3,(H,20,24,26)/b14-2+/t15-/m1/s1. The zero-order valence-electron chi connectivity index (χ0n) is 14.5. The summed E-state index contributed by atoms with van der Waals surface area (Å²) >= 11 is 5.87. The fourth-order valence-electron chi connectivity index (χ4n) is 3.17. The molecular weight excluding hydrogens is 356 g/mol. The number of piperidine rings is 1. The largest absolute Gasteiger partial charge is 0.335 e. The molecule has 0 saturated carbocycles. The van der Waals surface area contributed by atoms with Crippen LogP contribution in [0.15, 0.2) is 36.0 Å². The lowest BCUT2D eigenvalue weighted by Gasteiger charge is -2.35. The number of barbiturate groups is 1. The first-order chi connectivity index (χ1) is 12.5. The van der Waals surface area contributed by atoms with Crippen molar-refractivity contribution in [1.82, 2.24) is 15.8 Å². The lowest BCUT2D eigenvalue weighted by Crippen LogP contribution is -2.60. The van der Waals surface area contributed by atoms with Gasteiger partial charge in [0.25, 0.3) is 5.91 Å². The van der Waals surface area contributed by atoms with E-state index in [0.717, 1.165) is 30.8 Å². The van der Waals surface area contributed by atoms with Gasteiger partial charge in [0, 0.05) is 23.8 Å². The molecule has 1 atom stereocenters. The van der Waals surface area contributed by atoms with Crippen LogP contribution in [0.5, 0.6) is 0 Å². The van der Waals surface area contributed by atoms with Crippen molar-refractivity contribution in [3.05, 3.63) is 41.1 Å². The van der Waals surface area contributed by atoms with Crippen LogP contribution in [-0.4, -0.2) is 35.9 Å². The molecule has 1 aromatic rings. The van der Waals surface area contributed by atoms with Gasteiger partial charge in [-0.15, -0.1) is 0 Å². The molecule has 4 amide bonds. The fraction of sp³-hybridized carbons (Fsp3) is 0.389. The summed E-state index contributed by atoms with van der Waals surface area (Å²) < 4.78 is 0. The van der Waals surface area contributed by atoms with Gasteiger partial charge in [0.1, 0.15) is 0 Å². The van der Waals surface area contributed by atoms with Crippen LogP contribution in [0.4, 0.5) is 10.5 Å². The molecule has 26 heavy (non-hydrogen) atoms. The molecule has 0 bridgehead atoms. The van der Waals surface area contributed by atoms with Crippen LogP contribution in [0, 0.1) is 5.92 Å². The Morgan fingerprint density at radius 1 is 1.15 bits per heavy atom. The Kier molecular flexibility index (Phi) is 5.58. The van der Waals surface area contributed by atoms with Crippen molar-refractivity contribution in [3.8, 4) is 0 Å². The number of halogens is 1. The maximum Gasteiger partial charge on any atom is 0.335 e. The summed E-state index contributed by atoms with van der Waals surface area (Å²) in [6, 6.07) is 5.56. The van der Waals surface area contributed by atoms with E-state index < -0.39 is 23.8 Å². The second kappa shape index (κ2) is 7.88. The number of carbonyl (C=O) groups excluding carboxylic acids is 3. The lowest BCUT2D eigenvalue weighted by molar-refractivity contribution is -0.133. The van der Waals surface area contributed by atoms with Gasteiger partial charge >= 0.3 is 6.03 Å².